The molecule has 0 saturated heterocycles. The minimum atomic E-state index is -0.0880. The Labute approximate surface area is 116 Å². The highest BCUT2D eigenvalue weighted by atomic mass is 16.5. The van der Waals surface area contributed by atoms with Crippen molar-refractivity contribution in [1.82, 2.24) is 5.32 Å². The second-order valence-corrected chi connectivity index (χ2v) is 5.45. The Bertz CT molecular complexity index is 386. The second-order valence-electron chi connectivity index (χ2n) is 5.45. The summed E-state index contributed by atoms with van der Waals surface area (Å²) in [5, 5.41) is 3.41. The summed E-state index contributed by atoms with van der Waals surface area (Å²) in [7, 11) is 3.35. The Hall–Kier alpha value is -1.26. The van der Waals surface area contributed by atoms with Crippen molar-refractivity contribution >= 4 is 0 Å². The van der Waals surface area contributed by atoms with Gasteiger partial charge in [0.15, 0.2) is 0 Å². The SMILES string of the molecule is COc1ccc(OC)c(CNCCCC(C)(C)N)c1. The van der Waals surface area contributed by atoms with Crippen molar-refractivity contribution < 1.29 is 9.47 Å². The number of ether oxygens (including phenoxy) is 2. The number of benzene rings is 1. The molecule has 0 atom stereocenters. The lowest BCUT2D eigenvalue weighted by Gasteiger charge is -2.18. The van der Waals surface area contributed by atoms with Gasteiger partial charge < -0.3 is 20.5 Å². The fourth-order valence-corrected chi connectivity index (χ4v) is 1.91. The average Bonchev–Trinajstić information content (AvgIpc) is 2.36. The normalized spacial score (nSPS) is 11.4. The summed E-state index contributed by atoms with van der Waals surface area (Å²) in [6, 6.07) is 5.83. The van der Waals surface area contributed by atoms with Crippen LogP contribution in [0.1, 0.15) is 32.3 Å². The van der Waals surface area contributed by atoms with Crippen molar-refractivity contribution in [2.45, 2.75) is 38.8 Å². The van der Waals surface area contributed by atoms with Crippen molar-refractivity contribution in [3.8, 4) is 11.5 Å². The number of hydrogen-bond donors (Lipinski definition) is 2. The molecule has 0 bridgehead atoms. The van der Waals surface area contributed by atoms with Crippen molar-refractivity contribution in [3.63, 3.8) is 0 Å². The van der Waals surface area contributed by atoms with Gasteiger partial charge in [-0.15, -0.1) is 0 Å². The molecule has 0 amide bonds. The highest BCUT2D eigenvalue weighted by Gasteiger charge is 2.09. The lowest BCUT2D eigenvalue weighted by Crippen LogP contribution is -2.32. The Morgan fingerprint density at radius 2 is 1.95 bits per heavy atom. The number of hydrogen-bond acceptors (Lipinski definition) is 4. The van der Waals surface area contributed by atoms with Gasteiger partial charge in [0.1, 0.15) is 11.5 Å². The molecule has 0 aliphatic carbocycles. The van der Waals surface area contributed by atoms with E-state index in [4.69, 9.17) is 15.2 Å². The summed E-state index contributed by atoms with van der Waals surface area (Å²) in [5.74, 6) is 1.73. The summed E-state index contributed by atoms with van der Waals surface area (Å²) < 4.78 is 10.6. The van der Waals surface area contributed by atoms with Gasteiger partial charge in [0.25, 0.3) is 0 Å². The fraction of sp³-hybridized carbons (Fsp3) is 0.600. The van der Waals surface area contributed by atoms with Crippen LogP contribution in [0.3, 0.4) is 0 Å². The van der Waals surface area contributed by atoms with E-state index in [0.29, 0.717) is 0 Å². The molecule has 0 aromatic heterocycles. The fourth-order valence-electron chi connectivity index (χ4n) is 1.91. The maximum atomic E-state index is 5.95. The third-order valence-electron chi connectivity index (χ3n) is 2.98. The van der Waals surface area contributed by atoms with Crippen LogP contribution in [0, 0.1) is 0 Å². The second kappa shape index (κ2) is 7.36. The molecule has 1 aromatic carbocycles. The van der Waals surface area contributed by atoms with Crippen LogP contribution in [0.2, 0.25) is 0 Å². The molecule has 19 heavy (non-hydrogen) atoms. The van der Waals surface area contributed by atoms with Gasteiger partial charge in [-0.05, 0) is 51.4 Å². The molecule has 108 valence electrons. The predicted molar refractivity (Wildman–Crippen MR) is 78.8 cm³/mol. The molecule has 3 N–H and O–H groups in total. The molecule has 0 radical (unpaired) electrons. The predicted octanol–water partition coefficient (Wildman–Crippen LogP) is 2.31. The number of methoxy groups -OCH3 is 2. The Morgan fingerprint density at radius 1 is 1.21 bits per heavy atom. The molecule has 0 saturated carbocycles. The maximum Gasteiger partial charge on any atom is 0.123 e. The largest absolute Gasteiger partial charge is 0.497 e. The van der Waals surface area contributed by atoms with Gasteiger partial charge in [0.2, 0.25) is 0 Å². The van der Waals surface area contributed by atoms with Crippen LogP contribution in [0.15, 0.2) is 18.2 Å². The standard InChI is InChI=1S/C15H26N2O2/c1-15(2,16)8-5-9-17-11-12-10-13(18-3)6-7-14(12)19-4/h6-7,10,17H,5,8-9,11,16H2,1-4H3. The third kappa shape index (κ3) is 5.94. The zero-order valence-corrected chi connectivity index (χ0v) is 12.5. The van der Waals surface area contributed by atoms with Crippen molar-refractivity contribution in [3.05, 3.63) is 23.8 Å². The molecule has 0 aliphatic heterocycles. The molecule has 0 spiro atoms. The summed E-state index contributed by atoms with van der Waals surface area (Å²) in [6.45, 7) is 5.82. The molecular weight excluding hydrogens is 240 g/mol. The zero-order chi connectivity index (χ0) is 14.3. The first kappa shape index (κ1) is 15.8. The van der Waals surface area contributed by atoms with Crippen LogP contribution in [-0.2, 0) is 6.54 Å². The van der Waals surface area contributed by atoms with E-state index in [1.807, 2.05) is 18.2 Å². The van der Waals surface area contributed by atoms with Crippen LogP contribution in [-0.4, -0.2) is 26.3 Å². The number of nitrogens with one attached hydrogen (secondary N) is 1. The van der Waals surface area contributed by atoms with Crippen LogP contribution in [0.25, 0.3) is 0 Å². The molecule has 0 aliphatic rings. The minimum absolute atomic E-state index is 0.0880. The van der Waals surface area contributed by atoms with Crippen molar-refractivity contribution in [1.29, 1.82) is 0 Å². The number of nitrogens with two attached hydrogens (primary N) is 1. The van der Waals surface area contributed by atoms with Crippen LogP contribution >= 0.6 is 0 Å². The van der Waals surface area contributed by atoms with Crippen molar-refractivity contribution in [2.75, 3.05) is 20.8 Å². The van der Waals surface area contributed by atoms with E-state index in [9.17, 15) is 0 Å². The van der Waals surface area contributed by atoms with Crippen LogP contribution < -0.4 is 20.5 Å². The maximum absolute atomic E-state index is 5.95. The Morgan fingerprint density at radius 3 is 2.53 bits per heavy atom. The minimum Gasteiger partial charge on any atom is -0.497 e. The highest BCUT2D eigenvalue weighted by molar-refractivity contribution is 5.40. The van der Waals surface area contributed by atoms with E-state index < -0.39 is 0 Å². The van der Waals surface area contributed by atoms with Gasteiger partial charge in [0.05, 0.1) is 14.2 Å². The van der Waals surface area contributed by atoms with Crippen LogP contribution in [0.4, 0.5) is 0 Å². The molecule has 4 heteroatoms. The van der Waals surface area contributed by atoms with Gasteiger partial charge in [-0.1, -0.05) is 0 Å². The third-order valence-corrected chi connectivity index (χ3v) is 2.98. The van der Waals surface area contributed by atoms with Gasteiger partial charge >= 0.3 is 0 Å². The van der Waals surface area contributed by atoms with Gasteiger partial charge in [-0.3, -0.25) is 0 Å². The first-order valence-corrected chi connectivity index (χ1v) is 6.67. The van der Waals surface area contributed by atoms with E-state index in [0.717, 1.165) is 43.0 Å². The lowest BCUT2D eigenvalue weighted by atomic mass is 10.0. The molecule has 0 fully saturated rings. The summed E-state index contributed by atoms with van der Waals surface area (Å²) in [4.78, 5) is 0. The molecule has 1 rings (SSSR count). The first-order chi connectivity index (χ1) is 8.96. The Kier molecular flexibility index (Phi) is 6.12. The summed E-state index contributed by atoms with van der Waals surface area (Å²) in [5.41, 5.74) is 6.97. The highest BCUT2D eigenvalue weighted by Crippen LogP contribution is 2.23. The monoisotopic (exact) mass is 266 g/mol. The lowest BCUT2D eigenvalue weighted by molar-refractivity contribution is 0.396. The van der Waals surface area contributed by atoms with E-state index in [-0.39, 0.29) is 5.54 Å². The Balaban J connectivity index is 2.43. The van der Waals surface area contributed by atoms with Gasteiger partial charge in [0, 0.05) is 17.6 Å². The van der Waals surface area contributed by atoms with Gasteiger partial charge in [-0.25, -0.2) is 0 Å². The van der Waals surface area contributed by atoms with E-state index >= 15 is 0 Å². The number of rotatable bonds is 8. The average molecular weight is 266 g/mol. The molecule has 1 aromatic rings. The van der Waals surface area contributed by atoms with Crippen molar-refractivity contribution in [2.24, 2.45) is 5.73 Å². The zero-order valence-electron chi connectivity index (χ0n) is 12.5. The molecule has 0 unspecified atom stereocenters. The first-order valence-electron chi connectivity index (χ1n) is 6.67. The topological polar surface area (TPSA) is 56.5 Å². The molecule has 0 heterocycles. The molecule has 4 nitrogen and oxygen atoms in total. The smallest absolute Gasteiger partial charge is 0.123 e. The van der Waals surface area contributed by atoms with Crippen LogP contribution in [0.5, 0.6) is 11.5 Å². The van der Waals surface area contributed by atoms with E-state index in [1.165, 1.54) is 0 Å². The van der Waals surface area contributed by atoms with E-state index in [1.54, 1.807) is 14.2 Å². The summed E-state index contributed by atoms with van der Waals surface area (Å²) in [6.07, 6.45) is 2.07. The quantitative estimate of drug-likeness (QED) is 0.709. The molecular formula is C15H26N2O2. The van der Waals surface area contributed by atoms with Gasteiger partial charge in [-0.2, -0.15) is 0 Å². The van der Waals surface area contributed by atoms with E-state index in [2.05, 4.69) is 19.2 Å². The summed E-state index contributed by atoms with van der Waals surface area (Å²) >= 11 is 0.